The van der Waals surface area contributed by atoms with Crippen LogP contribution in [0.3, 0.4) is 0 Å². The monoisotopic (exact) mass is 839 g/mol. The Morgan fingerprint density at radius 1 is 0.600 bits per heavy atom. The van der Waals surface area contributed by atoms with Gasteiger partial charge in [-0.2, -0.15) is 0 Å². The van der Waals surface area contributed by atoms with Crippen molar-refractivity contribution in [3.63, 3.8) is 0 Å². The number of hydrogen-bond donors (Lipinski definition) is 1. The van der Waals surface area contributed by atoms with Crippen LogP contribution in [0.5, 0.6) is 5.75 Å². The van der Waals surface area contributed by atoms with Gasteiger partial charge in [-0.3, -0.25) is 4.98 Å². The van der Waals surface area contributed by atoms with Crippen LogP contribution < -0.4 is 4.90 Å². The summed E-state index contributed by atoms with van der Waals surface area (Å²) in [6, 6.07) is 45.2. The molecule has 0 aliphatic rings. The second-order valence-electron chi connectivity index (χ2n) is 15.3. The fraction of sp³-hybridized carbons (Fsp3) is 0.244. The van der Waals surface area contributed by atoms with Crippen molar-refractivity contribution < 1.29 is 26.2 Å². The number of anilines is 3. The molecule has 0 aliphatic heterocycles. The van der Waals surface area contributed by atoms with Gasteiger partial charge in [0.1, 0.15) is 11.6 Å². The molecule has 0 saturated carbocycles. The molecule has 5 heteroatoms. The predicted molar refractivity (Wildman–Crippen MR) is 204 cm³/mol. The number of benzene rings is 4. The Hall–Kier alpha value is -4.53. The molecule has 4 aromatic carbocycles. The van der Waals surface area contributed by atoms with Crippen molar-refractivity contribution >= 4 is 17.2 Å². The summed E-state index contributed by atoms with van der Waals surface area (Å²) in [5.41, 5.74) is 8.56. The van der Waals surface area contributed by atoms with Crippen LogP contribution in [0, 0.1) is 6.07 Å². The van der Waals surface area contributed by atoms with E-state index in [1.807, 2.05) is 54.7 Å². The first-order valence-electron chi connectivity index (χ1n) is 17.0. The standard InChI is InChI=1S/C45H46N3O.Pt/c1-43(2,3)33-27-37(42(49)38(28-33)44(4,5)6)40-30-34(45(7,8)32-19-11-9-12-20-32)29-39(47-40)31-18-17-23-36(26-31)48(35-21-13-10-14-22-35)41-24-15-16-25-46-41;/h9-25,27-30,49H,1-8H3;/q-1;. The molecule has 1 N–H and O–H groups in total. The Bertz CT molecular complexity index is 2020. The maximum Gasteiger partial charge on any atom is 0.136 e. The zero-order chi connectivity index (χ0) is 35.0. The molecule has 4 nitrogen and oxygen atoms in total. The summed E-state index contributed by atoms with van der Waals surface area (Å²) in [6.07, 6.45) is 1.81. The van der Waals surface area contributed by atoms with Crippen molar-refractivity contribution in [3.05, 3.63) is 156 Å². The van der Waals surface area contributed by atoms with Gasteiger partial charge in [-0.1, -0.05) is 122 Å². The summed E-state index contributed by atoms with van der Waals surface area (Å²) < 4.78 is 0. The molecule has 0 fully saturated rings. The Morgan fingerprint density at radius 3 is 1.86 bits per heavy atom. The first-order chi connectivity index (χ1) is 23.2. The van der Waals surface area contributed by atoms with E-state index in [1.165, 1.54) is 5.56 Å². The third kappa shape index (κ3) is 7.61. The van der Waals surface area contributed by atoms with Gasteiger partial charge < -0.3 is 10.0 Å². The molecule has 0 amide bonds. The van der Waals surface area contributed by atoms with Gasteiger partial charge in [0.15, 0.2) is 0 Å². The van der Waals surface area contributed by atoms with Gasteiger partial charge >= 0.3 is 0 Å². The van der Waals surface area contributed by atoms with Gasteiger partial charge in [0.2, 0.25) is 0 Å². The van der Waals surface area contributed by atoms with Crippen molar-refractivity contribution in [1.82, 2.24) is 9.97 Å². The first-order valence-corrected chi connectivity index (χ1v) is 17.0. The molecule has 6 rings (SSSR count). The van der Waals surface area contributed by atoms with E-state index >= 15 is 0 Å². The quantitative estimate of drug-likeness (QED) is 0.163. The Labute approximate surface area is 312 Å². The van der Waals surface area contributed by atoms with Crippen LogP contribution in [0.25, 0.3) is 22.5 Å². The predicted octanol–water partition coefficient (Wildman–Crippen LogP) is 11.7. The van der Waals surface area contributed by atoms with Gasteiger partial charge in [0, 0.05) is 49.5 Å². The maximum atomic E-state index is 11.9. The summed E-state index contributed by atoms with van der Waals surface area (Å²) in [5, 5.41) is 11.9. The summed E-state index contributed by atoms with van der Waals surface area (Å²) in [7, 11) is 0. The van der Waals surface area contributed by atoms with Crippen LogP contribution in [0.1, 0.15) is 77.6 Å². The number of nitrogens with zero attached hydrogens (tertiary/aromatic N) is 3. The van der Waals surface area contributed by atoms with Crippen molar-refractivity contribution in [1.29, 1.82) is 0 Å². The second kappa shape index (κ2) is 14.4. The largest absolute Gasteiger partial charge is 0.507 e. The van der Waals surface area contributed by atoms with Crippen LogP contribution in [0.4, 0.5) is 17.2 Å². The summed E-state index contributed by atoms with van der Waals surface area (Å²) in [4.78, 5) is 12.1. The minimum atomic E-state index is -0.348. The fourth-order valence-electron chi connectivity index (χ4n) is 6.22. The van der Waals surface area contributed by atoms with E-state index in [9.17, 15) is 5.11 Å². The van der Waals surface area contributed by atoms with Crippen LogP contribution in [0.2, 0.25) is 0 Å². The number of para-hydroxylation sites is 1. The van der Waals surface area contributed by atoms with Gasteiger partial charge in [0.25, 0.3) is 0 Å². The SMILES string of the molecule is CC(C)(C)c1cc(-c2cc(C(C)(C)c3ccccc3)cc(-c3[c-]c(N(c4ccccc4)c4ccccn4)ccc3)n2)c(O)c(C(C)(C)C)c1.[Pt]. The van der Waals surface area contributed by atoms with E-state index in [0.717, 1.165) is 56.4 Å². The molecular formula is C45H46N3OPt-. The third-order valence-electron chi connectivity index (χ3n) is 9.29. The van der Waals surface area contributed by atoms with E-state index in [4.69, 9.17) is 9.97 Å². The summed E-state index contributed by atoms with van der Waals surface area (Å²) >= 11 is 0. The van der Waals surface area contributed by atoms with Gasteiger partial charge in [0.05, 0.1) is 5.69 Å². The Kier molecular flexibility index (Phi) is 10.6. The van der Waals surface area contributed by atoms with E-state index in [2.05, 4.69) is 139 Å². The molecule has 258 valence electrons. The summed E-state index contributed by atoms with van der Waals surface area (Å²) in [5.74, 6) is 1.07. The van der Waals surface area contributed by atoms with Gasteiger partial charge in [-0.15, -0.1) is 29.8 Å². The summed E-state index contributed by atoms with van der Waals surface area (Å²) in [6.45, 7) is 17.6. The zero-order valence-electron chi connectivity index (χ0n) is 30.2. The molecule has 0 saturated heterocycles. The molecular weight excluding hydrogens is 794 g/mol. The van der Waals surface area contributed by atoms with E-state index in [1.54, 1.807) is 0 Å². The van der Waals surface area contributed by atoms with E-state index < -0.39 is 0 Å². The minimum Gasteiger partial charge on any atom is -0.507 e. The number of rotatable bonds is 7. The molecule has 2 heterocycles. The topological polar surface area (TPSA) is 49.2 Å². The van der Waals surface area contributed by atoms with Gasteiger partial charge in [-0.05, 0) is 75.3 Å². The Balaban J connectivity index is 0.00000486. The van der Waals surface area contributed by atoms with Crippen molar-refractivity contribution in [2.45, 2.75) is 71.6 Å². The third-order valence-corrected chi connectivity index (χ3v) is 9.29. The van der Waals surface area contributed by atoms with Crippen molar-refractivity contribution in [2.24, 2.45) is 0 Å². The number of phenolic OH excluding ortho intramolecular Hbond substituents is 1. The average Bonchev–Trinajstić information content (AvgIpc) is 3.09. The first kappa shape index (κ1) is 36.7. The maximum absolute atomic E-state index is 11.9. The number of hydrogen-bond acceptors (Lipinski definition) is 4. The molecule has 0 radical (unpaired) electrons. The molecule has 0 bridgehead atoms. The molecule has 50 heavy (non-hydrogen) atoms. The van der Waals surface area contributed by atoms with Crippen LogP contribution >= 0.6 is 0 Å². The van der Waals surface area contributed by atoms with Crippen molar-refractivity contribution in [3.8, 4) is 28.3 Å². The molecule has 2 aromatic heterocycles. The number of pyridine rings is 2. The molecule has 0 spiro atoms. The van der Waals surface area contributed by atoms with E-state index in [0.29, 0.717) is 0 Å². The number of aromatic hydroxyl groups is 1. The minimum absolute atomic E-state index is 0. The zero-order valence-corrected chi connectivity index (χ0v) is 32.5. The smallest absolute Gasteiger partial charge is 0.136 e. The Morgan fingerprint density at radius 2 is 1.24 bits per heavy atom. The van der Waals surface area contributed by atoms with Crippen LogP contribution in [0.15, 0.2) is 128 Å². The number of aromatic nitrogens is 2. The molecule has 6 aromatic rings. The molecule has 0 aliphatic carbocycles. The van der Waals surface area contributed by atoms with Crippen LogP contribution in [-0.4, -0.2) is 15.1 Å². The normalized spacial score (nSPS) is 11.9. The van der Waals surface area contributed by atoms with Crippen LogP contribution in [-0.2, 0) is 37.3 Å². The van der Waals surface area contributed by atoms with Crippen molar-refractivity contribution in [2.75, 3.05) is 4.90 Å². The molecule has 0 unspecified atom stereocenters. The average molecular weight is 840 g/mol. The number of phenols is 1. The fourth-order valence-corrected chi connectivity index (χ4v) is 6.22. The molecule has 0 atom stereocenters. The van der Waals surface area contributed by atoms with Gasteiger partial charge in [-0.25, -0.2) is 4.98 Å². The van der Waals surface area contributed by atoms with E-state index in [-0.39, 0.29) is 43.1 Å². The second-order valence-corrected chi connectivity index (χ2v) is 15.3.